The summed E-state index contributed by atoms with van der Waals surface area (Å²) in [7, 11) is 1.80. The van der Waals surface area contributed by atoms with E-state index in [-0.39, 0.29) is 5.60 Å². The van der Waals surface area contributed by atoms with Crippen LogP contribution in [0.4, 0.5) is 0 Å². The minimum atomic E-state index is -0.381. The molecule has 0 bridgehead atoms. The van der Waals surface area contributed by atoms with Gasteiger partial charge in [0.2, 0.25) is 0 Å². The quantitative estimate of drug-likeness (QED) is 0.647. The van der Waals surface area contributed by atoms with Gasteiger partial charge >= 0.3 is 0 Å². The fourth-order valence-corrected chi connectivity index (χ4v) is 3.06. The van der Waals surface area contributed by atoms with Crippen molar-refractivity contribution in [3.8, 4) is 0 Å². The average molecular weight is 170 g/mol. The molecule has 2 saturated carbocycles. The highest BCUT2D eigenvalue weighted by Gasteiger charge is 2.46. The maximum atomic E-state index is 9.82. The van der Waals surface area contributed by atoms with Gasteiger partial charge in [0.05, 0.1) is 11.7 Å². The molecular formula is C10H18O2. The van der Waals surface area contributed by atoms with Gasteiger partial charge in [0.1, 0.15) is 0 Å². The second kappa shape index (κ2) is 2.71. The predicted octanol–water partition coefficient (Wildman–Crippen LogP) is 1.57. The SMILES string of the molecule is CO[C@H]1C[C@@H]2C[C@@](C)(O)C[C@@H]2C1. The first kappa shape index (κ1) is 8.52. The van der Waals surface area contributed by atoms with Gasteiger partial charge in [-0.3, -0.25) is 0 Å². The van der Waals surface area contributed by atoms with Gasteiger partial charge in [0.25, 0.3) is 0 Å². The van der Waals surface area contributed by atoms with Gasteiger partial charge in [-0.15, -0.1) is 0 Å². The van der Waals surface area contributed by atoms with Crippen molar-refractivity contribution in [3.05, 3.63) is 0 Å². The van der Waals surface area contributed by atoms with Crippen LogP contribution in [0.1, 0.15) is 32.6 Å². The van der Waals surface area contributed by atoms with Crippen LogP contribution >= 0.6 is 0 Å². The maximum Gasteiger partial charge on any atom is 0.0625 e. The molecule has 0 aromatic heterocycles. The largest absolute Gasteiger partial charge is 0.390 e. The lowest BCUT2D eigenvalue weighted by Crippen LogP contribution is -2.21. The molecule has 0 aromatic rings. The first-order chi connectivity index (χ1) is 5.61. The molecule has 2 nitrogen and oxygen atoms in total. The summed E-state index contributed by atoms with van der Waals surface area (Å²) in [6.07, 6.45) is 4.76. The fraction of sp³-hybridized carbons (Fsp3) is 1.00. The number of hydrogen-bond acceptors (Lipinski definition) is 2. The molecular weight excluding hydrogens is 152 g/mol. The van der Waals surface area contributed by atoms with Crippen LogP contribution in [0, 0.1) is 11.8 Å². The van der Waals surface area contributed by atoms with E-state index in [0.717, 1.165) is 37.5 Å². The van der Waals surface area contributed by atoms with E-state index in [1.807, 2.05) is 6.92 Å². The lowest BCUT2D eigenvalue weighted by atomic mass is 10.0. The molecule has 2 fully saturated rings. The number of aliphatic hydroxyl groups is 1. The van der Waals surface area contributed by atoms with E-state index in [4.69, 9.17) is 4.74 Å². The van der Waals surface area contributed by atoms with Gasteiger partial charge in [-0.2, -0.15) is 0 Å². The minimum absolute atomic E-state index is 0.381. The predicted molar refractivity (Wildman–Crippen MR) is 46.9 cm³/mol. The van der Waals surface area contributed by atoms with E-state index in [2.05, 4.69) is 0 Å². The van der Waals surface area contributed by atoms with E-state index in [9.17, 15) is 5.11 Å². The zero-order valence-electron chi connectivity index (χ0n) is 7.92. The van der Waals surface area contributed by atoms with Gasteiger partial charge in [0, 0.05) is 7.11 Å². The third-order valence-corrected chi connectivity index (χ3v) is 3.54. The smallest absolute Gasteiger partial charge is 0.0625 e. The number of methoxy groups -OCH3 is 1. The maximum absolute atomic E-state index is 9.82. The van der Waals surface area contributed by atoms with E-state index < -0.39 is 0 Å². The molecule has 1 N–H and O–H groups in total. The molecule has 0 amide bonds. The van der Waals surface area contributed by atoms with E-state index in [1.165, 1.54) is 0 Å². The van der Waals surface area contributed by atoms with Crippen LogP contribution in [-0.2, 0) is 4.74 Å². The molecule has 2 aliphatic rings. The average Bonchev–Trinajstić information content (AvgIpc) is 2.40. The Labute approximate surface area is 73.9 Å². The summed E-state index contributed by atoms with van der Waals surface area (Å²) in [5, 5.41) is 9.82. The third-order valence-electron chi connectivity index (χ3n) is 3.54. The topological polar surface area (TPSA) is 29.5 Å². The highest BCUT2D eigenvalue weighted by Crippen LogP contribution is 2.49. The van der Waals surface area contributed by atoms with Crippen molar-refractivity contribution in [1.29, 1.82) is 0 Å². The molecule has 0 heterocycles. The molecule has 12 heavy (non-hydrogen) atoms. The van der Waals surface area contributed by atoms with E-state index >= 15 is 0 Å². The highest BCUT2D eigenvalue weighted by atomic mass is 16.5. The van der Waals surface area contributed by atoms with Crippen molar-refractivity contribution in [2.75, 3.05) is 7.11 Å². The Morgan fingerprint density at radius 3 is 2.17 bits per heavy atom. The lowest BCUT2D eigenvalue weighted by molar-refractivity contribution is 0.0436. The minimum Gasteiger partial charge on any atom is -0.390 e. The lowest BCUT2D eigenvalue weighted by Gasteiger charge is -2.18. The van der Waals surface area contributed by atoms with Gasteiger partial charge in [-0.1, -0.05) is 0 Å². The Morgan fingerprint density at radius 2 is 1.75 bits per heavy atom. The van der Waals surface area contributed by atoms with Crippen LogP contribution < -0.4 is 0 Å². The van der Waals surface area contributed by atoms with Crippen LogP contribution in [0.2, 0.25) is 0 Å². The summed E-state index contributed by atoms with van der Waals surface area (Å²) >= 11 is 0. The summed E-state index contributed by atoms with van der Waals surface area (Å²) in [5.41, 5.74) is -0.381. The zero-order chi connectivity index (χ0) is 8.77. The number of fused-ring (bicyclic) bond motifs is 1. The van der Waals surface area contributed by atoms with Crippen LogP contribution in [0.15, 0.2) is 0 Å². The number of rotatable bonds is 1. The van der Waals surface area contributed by atoms with Crippen molar-refractivity contribution in [3.63, 3.8) is 0 Å². The summed E-state index contributed by atoms with van der Waals surface area (Å²) in [4.78, 5) is 0. The Bertz CT molecular complexity index is 161. The summed E-state index contributed by atoms with van der Waals surface area (Å²) < 4.78 is 5.33. The highest BCUT2D eigenvalue weighted by molar-refractivity contribution is 4.97. The molecule has 4 atom stereocenters. The van der Waals surface area contributed by atoms with Gasteiger partial charge in [0.15, 0.2) is 0 Å². The van der Waals surface area contributed by atoms with Crippen molar-refractivity contribution >= 4 is 0 Å². The molecule has 0 radical (unpaired) electrons. The molecule has 0 saturated heterocycles. The normalized spacial score (nSPS) is 52.8. The Hall–Kier alpha value is -0.0800. The molecule has 2 heteroatoms. The number of ether oxygens (including phenoxy) is 1. The van der Waals surface area contributed by atoms with Gasteiger partial charge in [-0.05, 0) is 44.4 Å². The molecule has 2 rings (SSSR count). The first-order valence-corrected chi connectivity index (χ1v) is 4.86. The standard InChI is InChI=1S/C10H18O2/c1-10(11)5-7-3-9(12-2)4-8(7)6-10/h7-9,11H,3-6H2,1-2H3/t7-,8+,9+,10-. The zero-order valence-corrected chi connectivity index (χ0v) is 7.92. The monoisotopic (exact) mass is 170 g/mol. The second-order valence-electron chi connectivity index (χ2n) is 4.75. The van der Waals surface area contributed by atoms with Crippen molar-refractivity contribution in [1.82, 2.24) is 0 Å². The summed E-state index contributed by atoms with van der Waals surface area (Å²) in [6.45, 7) is 1.97. The van der Waals surface area contributed by atoms with Crippen LogP contribution in [0.3, 0.4) is 0 Å². The van der Waals surface area contributed by atoms with Crippen LogP contribution in [0.25, 0.3) is 0 Å². The van der Waals surface area contributed by atoms with Crippen molar-refractivity contribution in [2.45, 2.75) is 44.3 Å². The number of hydrogen-bond donors (Lipinski definition) is 1. The Balaban J connectivity index is 1.97. The second-order valence-corrected chi connectivity index (χ2v) is 4.75. The molecule has 2 aliphatic carbocycles. The van der Waals surface area contributed by atoms with Crippen LogP contribution in [0.5, 0.6) is 0 Å². The fourth-order valence-electron chi connectivity index (χ4n) is 3.06. The Kier molecular flexibility index (Phi) is 1.92. The van der Waals surface area contributed by atoms with Crippen molar-refractivity contribution < 1.29 is 9.84 Å². The van der Waals surface area contributed by atoms with E-state index in [1.54, 1.807) is 7.11 Å². The molecule has 70 valence electrons. The summed E-state index contributed by atoms with van der Waals surface area (Å²) in [5.74, 6) is 1.45. The van der Waals surface area contributed by atoms with E-state index in [0.29, 0.717) is 6.10 Å². The molecule has 0 spiro atoms. The third kappa shape index (κ3) is 1.38. The molecule has 0 aromatic carbocycles. The van der Waals surface area contributed by atoms with Gasteiger partial charge in [-0.25, -0.2) is 0 Å². The molecule has 0 aliphatic heterocycles. The van der Waals surface area contributed by atoms with Crippen LogP contribution in [-0.4, -0.2) is 23.9 Å². The summed E-state index contributed by atoms with van der Waals surface area (Å²) in [6, 6.07) is 0. The van der Waals surface area contributed by atoms with Gasteiger partial charge < -0.3 is 9.84 Å². The molecule has 0 unspecified atom stereocenters. The van der Waals surface area contributed by atoms with Crippen molar-refractivity contribution in [2.24, 2.45) is 11.8 Å². The first-order valence-electron chi connectivity index (χ1n) is 4.86. The Morgan fingerprint density at radius 1 is 1.25 bits per heavy atom.